The molecule has 0 fully saturated rings. The Kier molecular flexibility index (Phi) is 6.13. The van der Waals surface area contributed by atoms with Crippen LogP contribution in [-0.4, -0.2) is 32.2 Å². The fourth-order valence-corrected chi connectivity index (χ4v) is 1.82. The molecule has 7 heteroatoms. The smallest absolute Gasteiger partial charge is 0.344 e. The summed E-state index contributed by atoms with van der Waals surface area (Å²) in [5, 5.41) is 2.57. The Morgan fingerprint density at radius 1 is 1.08 bits per heavy atom. The van der Waals surface area contributed by atoms with E-state index in [4.69, 9.17) is 14.2 Å². The number of hydrogen-bond acceptors (Lipinski definition) is 5. The molecule has 1 amide bonds. The molecule has 0 saturated carbocycles. The fourth-order valence-electron chi connectivity index (χ4n) is 1.82. The molecule has 0 unspecified atom stereocenters. The maximum absolute atomic E-state index is 13.0. The van der Waals surface area contributed by atoms with Gasteiger partial charge in [-0.25, -0.2) is 9.18 Å². The molecule has 0 atom stereocenters. The van der Waals surface area contributed by atoms with E-state index in [1.807, 2.05) is 0 Å². The van der Waals surface area contributed by atoms with Gasteiger partial charge in [0.25, 0.3) is 5.91 Å². The standard InChI is InChI=1S/C17H16FNO5/c1-22-15-8-3-2-7-14(15)19-16(20)10-24-17(21)11-23-13-6-4-5-12(18)9-13/h2-9H,10-11H2,1H3,(H,19,20). The number of hydrogen-bond donors (Lipinski definition) is 1. The topological polar surface area (TPSA) is 73.9 Å². The van der Waals surface area contributed by atoms with Crippen molar-refractivity contribution in [3.63, 3.8) is 0 Å². The third-order valence-electron chi connectivity index (χ3n) is 2.90. The van der Waals surface area contributed by atoms with E-state index in [9.17, 15) is 14.0 Å². The molecule has 0 aromatic heterocycles. The van der Waals surface area contributed by atoms with E-state index in [0.29, 0.717) is 11.4 Å². The second kappa shape index (κ2) is 8.52. The van der Waals surface area contributed by atoms with Crippen molar-refractivity contribution >= 4 is 17.6 Å². The van der Waals surface area contributed by atoms with Crippen molar-refractivity contribution in [2.75, 3.05) is 25.6 Å². The highest BCUT2D eigenvalue weighted by Gasteiger charge is 2.11. The number of nitrogens with one attached hydrogen (secondary N) is 1. The number of carbonyl (C=O) groups is 2. The summed E-state index contributed by atoms with van der Waals surface area (Å²) in [4.78, 5) is 23.3. The van der Waals surface area contributed by atoms with E-state index < -0.39 is 30.9 Å². The summed E-state index contributed by atoms with van der Waals surface area (Å²) in [6.07, 6.45) is 0. The van der Waals surface area contributed by atoms with Crippen LogP contribution in [0.2, 0.25) is 0 Å². The lowest BCUT2D eigenvalue weighted by Crippen LogP contribution is -2.23. The number of para-hydroxylation sites is 2. The predicted molar refractivity (Wildman–Crippen MR) is 84.5 cm³/mol. The summed E-state index contributed by atoms with van der Waals surface area (Å²) in [7, 11) is 1.48. The van der Waals surface area contributed by atoms with Crippen molar-refractivity contribution in [3.05, 3.63) is 54.3 Å². The quantitative estimate of drug-likeness (QED) is 0.788. The molecule has 0 heterocycles. The van der Waals surface area contributed by atoms with Crippen molar-refractivity contribution in [2.45, 2.75) is 0 Å². The molecule has 0 saturated heterocycles. The molecule has 24 heavy (non-hydrogen) atoms. The zero-order chi connectivity index (χ0) is 17.4. The first-order valence-electron chi connectivity index (χ1n) is 7.05. The van der Waals surface area contributed by atoms with Crippen molar-refractivity contribution in [1.29, 1.82) is 0 Å². The molecule has 2 aromatic rings. The number of anilines is 1. The van der Waals surface area contributed by atoms with E-state index in [2.05, 4.69) is 5.32 Å². The minimum Gasteiger partial charge on any atom is -0.495 e. The van der Waals surface area contributed by atoms with Gasteiger partial charge in [-0.1, -0.05) is 18.2 Å². The Morgan fingerprint density at radius 2 is 1.88 bits per heavy atom. The van der Waals surface area contributed by atoms with Crippen LogP contribution in [0.15, 0.2) is 48.5 Å². The van der Waals surface area contributed by atoms with E-state index in [1.165, 1.54) is 25.3 Å². The number of halogens is 1. The maximum atomic E-state index is 13.0. The number of ether oxygens (including phenoxy) is 3. The molecule has 2 rings (SSSR count). The second-order valence-corrected chi connectivity index (χ2v) is 4.66. The molecule has 126 valence electrons. The molecule has 0 bridgehead atoms. The largest absolute Gasteiger partial charge is 0.495 e. The highest BCUT2D eigenvalue weighted by Crippen LogP contribution is 2.22. The Labute approximate surface area is 138 Å². The Hall–Kier alpha value is -3.09. The third-order valence-corrected chi connectivity index (χ3v) is 2.90. The van der Waals surface area contributed by atoms with E-state index in [0.717, 1.165) is 6.07 Å². The van der Waals surface area contributed by atoms with Gasteiger partial charge in [-0.2, -0.15) is 0 Å². The van der Waals surface area contributed by atoms with Crippen molar-refractivity contribution in [3.8, 4) is 11.5 Å². The molecule has 0 spiro atoms. The van der Waals surface area contributed by atoms with Gasteiger partial charge in [0.2, 0.25) is 0 Å². The number of amides is 1. The molecule has 0 radical (unpaired) electrons. The minimum atomic E-state index is -0.741. The molecule has 0 aliphatic rings. The normalized spacial score (nSPS) is 9.92. The first-order valence-corrected chi connectivity index (χ1v) is 7.05. The maximum Gasteiger partial charge on any atom is 0.344 e. The highest BCUT2D eigenvalue weighted by atomic mass is 19.1. The summed E-state index contributed by atoms with van der Waals surface area (Å²) in [6.45, 7) is -0.894. The zero-order valence-corrected chi connectivity index (χ0v) is 13.0. The van der Waals surface area contributed by atoms with Gasteiger partial charge in [-0.05, 0) is 24.3 Å². The Balaban J connectivity index is 1.76. The summed E-state index contributed by atoms with van der Waals surface area (Å²) in [6, 6.07) is 12.2. The van der Waals surface area contributed by atoms with Crippen LogP contribution in [0.1, 0.15) is 0 Å². The molecular formula is C17H16FNO5. The van der Waals surface area contributed by atoms with Gasteiger partial charge in [0.15, 0.2) is 13.2 Å². The van der Waals surface area contributed by atoms with Crippen molar-refractivity contribution in [2.24, 2.45) is 0 Å². The predicted octanol–water partition coefficient (Wildman–Crippen LogP) is 2.40. The first kappa shape index (κ1) is 17.3. The van der Waals surface area contributed by atoms with E-state index >= 15 is 0 Å². The first-order chi connectivity index (χ1) is 11.6. The van der Waals surface area contributed by atoms with Gasteiger partial charge in [-0.15, -0.1) is 0 Å². The van der Waals surface area contributed by atoms with Crippen molar-refractivity contribution in [1.82, 2.24) is 0 Å². The van der Waals surface area contributed by atoms with Crippen LogP contribution < -0.4 is 14.8 Å². The summed E-state index contributed by atoms with van der Waals surface area (Å²) in [5.74, 6) is -1.04. The minimum absolute atomic E-state index is 0.199. The van der Waals surface area contributed by atoms with Gasteiger partial charge in [-0.3, -0.25) is 4.79 Å². The van der Waals surface area contributed by atoms with Crippen LogP contribution in [0.4, 0.5) is 10.1 Å². The summed E-state index contributed by atoms with van der Waals surface area (Å²) >= 11 is 0. The molecule has 0 aliphatic heterocycles. The molecule has 1 N–H and O–H groups in total. The zero-order valence-electron chi connectivity index (χ0n) is 13.0. The van der Waals surface area contributed by atoms with Gasteiger partial charge in [0, 0.05) is 6.07 Å². The molecule has 2 aromatic carbocycles. The molecular weight excluding hydrogens is 317 g/mol. The second-order valence-electron chi connectivity index (χ2n) is 4.66. The van der Waals surface area contributed by atoms with E-state index in [-0.39, 0.29) is 5.75 Å². The number of carbonyl (C=O) groups excluding carboxylic acids is 2. The lowest BCUT2D eigenvalue weighted by atomic mass is 10.3. The number of methoxy groups -OCH3 is 1. The highest BCUT2D eigenvalue weighted by molar-refractivity contribution is 5.94. The van der Waals surface area contributed by atoms with Crippen LogP contribution in [0, 0.1) is 5.82 Å². The van der Waals surface area contributed by atoms with Crippen LogP contribution in [-0.2, 0) is 14.3 Å². The van der Waals surface area contributed by atoms with Crippen molar-refractivity contribution < 1.29 is 28.2 Å². The Morgan fingerprint density at radius 3 is 2.62 bits per heavy atom. The average molecular weight is 333 g/mol. The number of esters is 1. The van der Waals surface area contributed by atoms with E-state index in [1.54, 1.807) is 24.3 Å². The van der Waals surface area contributed by atoms with Crippen LogP contribution in [0.25, 0.3) is 0 Å². The van der Waals surface area contributed by atoms with Gasteiger partial charge in [0.05, 0.1) is 12.8 Å². The van der Waals surface area contributed by atoms with Crippen LogP contribution in [0.5, 0.6) is 11.5 Å². The van der Waals surface area contributed by atoms with Gasteiger partial charge < -0.3 is 19.5 Å². The molecule has 6 nitrogen and oxygen atoms in total. The summed E-state index contributed by atoms with van der Waals surface area (Å²) in [5.41, 5.74) is 0.469. The fraction of sp³-hybridized carbons (Fsp3) is 0.176. The summed E-state index contributed by atoms with van der Waals surface area (Å²) < 4.78 is 27.9. The van der Waals surface area contributed by atoms with Crippen LogP contribution >= 0.6 is 0 Å². The number of benzene rings is 2. The van der Waals surface area contributed by atoms with Gasteiger partial charge in [0.1, 0.15) is 17.3 Å². The SMILES string of the molecule is COc1ccccc1NC(=O)COC(=O)COc1cccc(F)c1. The molecule has 0 aliphatic carbocycles. The third kappa shape index (κ3) is 5.28. The van der Waals surface area contributed by atoms with Gasteiger partial charge >= 0.3 is 5.97 Å². The number of rotatable bonds is 7. The van der Waals surface area contributed by atoms with Crippen LogP contribution in [0.3, 0.4) is 0 Å². The monoisotopic (exact) mass is 333 g/mol. The lowest BCUT2D eigenvalue weighted by molar-refractivity contribution is -0.149. The Bertz CT molecular complexity index is 720. The average Bonchev–Trinajstić information content (AvgIpc) is 2.58. The lowest BCUT2D eigenvalue weighted by Gasteiger charge is -2.10.